The second-order valence-electron chi connectivity index (χ2n) is 28.2. The van der Waals surface area contributed by atoms with E-state index in [9.17, 15) is 0 Å². The summed E-state index contributed by atoms with van der Waals surface area (Å²) in [6.07, 6.45) is 5.84. The molecule has 0 saturated carbocycles. The molecule has 9 aromatic rings. The van der Waals surface area contributed by atoms with E-state index in [0.29, 0.717) is 0 Å². The fraction of sp³-hybridized carbons (Fsp3) is 0.342. The van der Waals surface area contributed by atoms with Gasteiger partial charge in [0.25, 0.3) is 6.71 Å². The monoisotopic (exact) mass is 1020 g/mol. The van der Waals surface area contributed by atoms with Crippen molar-refractivity contribution in [2.45, 2.75) is 162 Å². The molecular weight excluding hydrogens is 948 g/mol. The Morgan fingerprint density at radius 1 is 0.390 bits per heavy atom. The van der Waals surface area contributed by atoms with Gasteiger partial charge in [-0.2, -0.15) is 0 Å². The highest BCUT2D eigenvalue weighted by atomic mass is 32.1. The molecule has 0 spiro atoms. The van der Waals surface area contributed by atoms with Crippen LogP contribution in [0.25, 0.3) is 42.4 Å². The van der Waals surface area contributed by atoms with E-state index in [2.05, 4.69) is 246 Å². The first kappa shape index (κ1) is 49.0. The zero-order chi connectivity index (χ0) is 53.7. The number of nitrogens with zero attached hydrogens (tertiary/aromatic N) is 2. The molecule has 3 heterocycles. The summed E-state index contributed by atoms with van der Waals surface area (Å²) in [5, 5.41) is 2.76. The molecule has 77 heavy (non-hydrogen) atoms. The Morgan fingerprint density at radius 2 is 0.922 bits per heavy atom. The molecule has 0 saturated heterocycles. The number of hydrogen-bond donors (Lipinski definition) is 0. The Balaban J connectivity index is 1.18. The molecule has 5 aliphatic rings. The van der Waals surface area contributed by atoms with Crippen LogP contribution in [0.15, 0.2) is 140 Å². The molecular formula is C73H75BN2S. The van der Waals surface area contributed by atoms with Crippen molar-refractivity contribution in [1.29, 1.82) is 0 Å². The SMILES string of the molecule is Cc1ccccc1-c1cc2c3c(c1)N(c1ccccc1-c1ccccc1)c1c(ccc4sc5cc6c(cc5c14)C(C)(C)CCC6(C)C)B3c1cc3c(cc1N2c1cc2c(cc1C)C(C)(C)CCC2(C)C)C(C)(C)CC3(C)C. The lowest BCUT2D eigenvalue weighted by Crippen LogP contribution is -2.61. The predicted octanol–water partition coefficient (Wildman–Crippen LogP) is 18.7. The second kappa shape index (κ2) is 16.1. The van der Waals surface area contributed by atoms with Crippen LogP contribution in [0.3, 0.4) is 0 Å². The number of para-hydroxylation sites is 1. The smallest absolute Gasteiger partial charge is 0.252 e. The van der Waals surface area contributed by atoms with E-state index >= 15 is 0 Å². The van der Waals surface area contributed by atoms with Gasteiger partial charge in [-0.15, -0.1) is 11.3 Å². The molecule has 0 radical (unpaired) electrons. The van der Waals surface area contributed by atoms with Crippen LogP contribution >= 0.6 is 11.3 Å². The molecule has 1 aromatic heterocycles. The number of anilines is 6. The van der Waals surface area contributed by atoms with Crippen molar-refractivity contribution in [3.63, 3.8) is 0 Å². The second-order valence-corrected chi connectivity index (χ2v) is 29.3. The van der Waals surface area contributed by atoms with E-state index < -0.39 is 0 Å². The molecule has 0 bridgehead atoms. The third kappa shape index (κ3) is 7.05. The van der Waals surface area contributed by atoms with Gasteiger partial charge in [-0.1, -0.05) is 174 Å². The highest BCUT2D eigenvalue weighted by Crippen LogP contribution is 2.58. The maximum absolute atomic E-state index is 2.77. The molecule has 0 amide bonds. The first-order valence-corrected chi connectivity index (χ1v) is 29.6. The Bertz CT molecular complexity index is 4010. The largest absolute Gasteiger partial charge is 0.311 e. The van der Waals surface area contributed by atoms with E-state index in [1.54, 1.807) is 0 Å². The summed E-state index contributed by atoms with van der Waals surface area (Å²) in [6, 6.07) is 55.6. The molecule has 2 aliphatic heterocycles. The molecule has 386 valence electrons. The van der Waals surface area contributed by atoms with Crippen molar-refractivity contribution >= 4 is 88.7 Å². The van der Waals surface area contributed by atoms with Crippen LogP contribution < -0.4 is 26.2 Å². The van der Waals surface area contributed by atoms with Crippen LogP contribution in [0.2, 0.25) is 0 Å². The maximum Gasteiger partial charge on any atom is 0.252 e. The van der Waals surface area contributed by atoms with E-state index in [4.69, 9.17) is 0 Å². The minimum atomic E-state index is -0.0298. The number of fused-ring (bicyclic) bond motifs is 11. The van der Waals surface area contributed by atoms with E-state index in [1.165, 1.54) is 163 Å². The lowest BCUT2D eigenvalue weighted by atomic mass is 9.33. The van der Waals surface area contributed by atoms with Gasteiger partial charge in [0.15, 0.2) is 0 Å². The molecule has 0 atom stereocenters. The summed E-state index contributed by atoms with van der Waals surface area (Å²) in [5.74, 6) is 0. The fourth-order valence-corrected chi connectivity index (χ4v) is 17.0. The molecule has 8 aromatic carbocycles. The lowest BCUT2D eigenvalue weighted by Gasteiger charge is -2.47. The van der Waals surface area contributed by atoms with Crippen molar-refractivity contribution < 1.29 is 0 Å². The van der Waals surface area contributed by atoms with E-state index in [0.717, 1.165) is 6.42 Å². The number of aryl methyl sites for hydroxylation is 2. The summed E-state index contributed by atoms with van der Waals surface area (Å²) in [6.45, 7) is 34.5. The highest BCUT2D eigenvalue weighted by molar-refractivity contribution is 7.26. The summed E-state index contributed by atoms with van der Waals surface area (Å²) >= 11 is 1.99. The van der Waals surface area contributed by atoms with Crippen LogP contribution in [-0.4, -0.2) is 6.71 Å². The normalized spacial score (nSPS) is 19.3. The average molecular weight is 1020 g/mol. The van der Waals surface area contributed by atoms with Gasteiger partial charge in [-0.3, -0.25) is 0 Å². The molecule has 2 nitrogen and oxygen atoms in total. The topological polar surface area (TPSA) is 6.48 Å². The van der Waals surface area contributed by atoms with E-state index in [1.807, 2.05) is 11.3 Å². The molecule has 14 rings (SSSR count). The Morgan fingerprint density at radius 3 is 1.58 bits per heavy atom. The molecule has 0 fully saturated rings. The highest BCUT2D eigenvalue weighted by Gasteiger charge is 2.50. The fourth-order valence-electron chi connectivity index (χ4n) is 15.9. The minimum absolute atomic E-state index is 0.0105. The zero-order valence-electron chi connectivity index (χ0n) is 48.2. The maximum atomic E-state index is 2.77. The van der Waals surface area contributed by atoms with Crippen molar-refractivity contribution in [2.24, 2.45) is 0 Å². The molecule has 0 N–H and O–H groups in total. The third-order valence-corrected chi connectivity index (χ3v) is 21.3. The molecule has 3 aliphatic carbocycles. The van der Waals surface area contributed by atoms with Gasteiger partial charge in [-0.05, 0) is 205 Å². The van der Waals surface area contributed by atoms with Crippen LogP contribution in [0.1, 0.15) is 160 Å². The first-order valence-electron chi connectivity index (χ1n) is 28.8. The van der Waals surface area contributed by atoms with Crippen molar-refractivity contribution in [3.05, 3.63) is 184 Å². The minimum Gasteiger partial charge on any atom is -0.311 e. The van der Waals surface area contributed by atoms with Crippen LogP contribution in [-0.2, 0) is 32.5 Å². The molecule has 4 heteroatoms. The number of rotatable bonds is 4. The van der Waals surface area contributed by atoms with Crippen LogP contribution in [0.4, 0.5) is 34.1 Å². The summed E-state index contributed by atoms with van der Waals surface area (Å²) in [7, 11) is 0. The zero-order valence-corrected chi connectivity index (χ0v) is 49.0. The standard InChI is InChI=1S/C73H75BN2S/c1-43-22-18-19-25-47(43)46-35-61-66-62(36-46)76(58-27-21-20-26-48(58)45-23-16-15-17-24-45)67-56(28-29-63-65(67)49-37-51-55(41-64(49)77-63)71(9,10)33-31-69(51,5)6)74(66)57-38-52-54(73(13,14)42-72(52,11)12)40-60(57)75(61)59-39-53-50(34-44(59)2)68(3,4)30-32-70(53,7)8/h15-29,34-41H,30-33,42H2,1-14H3. The average Bonchev–Trinajstić information content (AvgIpc) is 3.82. The third-order valence-electron chi connectivity index (χ3n) is 20.2. The first-order chi connectivity index (χ1) is 36.5. The van der Waals surface area contributed by atoms with Gasteiger partial charge in [0.1, 0.15) is 0 Å². The summed E-state index contributed by atoms with van der Waals surface area (Å²) in [5.41, 5.74) is 28.8. The van der Waals surface area contributed by atoms with Gasteiger partial charge in [-0.25, -0.2) is 0 Å². The number of thiophene rings is 1. The van der Waals surface area contributed by atoms with Gasteiger partial charge < -0.3 is 9.80 Å². The van der Waals surface area contributed by atoms with Crippen molar-refractivity contribution in [2.75, 3.05) is 9.80 Å². The predicted molar refractivity (Wildman–Crippen MR) is 335 cm³/mol. The van der Waals surface area contributed by atoms with E-state index in [-0.39, 0.29) is 39.2 Å². The quantitative estimate of drug-likeness (QED) is 0.162. The lowest BCUT2D eigenvalue weighted by molar-refractivity contribution is 0.332. The summed E-state index contributed by atoms with van der Waals surface area (Å²) in [4.78, 5) is 5.52. The number of hydrogen-bond acceptors (Lipinski definition) is 3. The van der Waals surface area contributed by atoms with Gasteiger partial charge in [0, 0.05) is 48.5 Å². The Kier molecular flexibility index (Phi) is 10.3. The van der Waals surface area contributed by atoms with Crippen LogP contribution in [0.5, 0.6) is 0 Å². The summed E-state index contributed by atoms with van der Waals surface area (Å²) < 4.78 is 2.74. The van der Waals surface area contributed by atoms with Crippen LogP contribution in [0, 0.1) is 13.8 Å². The molecule has 0 unspecified atom stereocenters. The number of benzene rings is 8. The van der Waals surface area contributed by atoms with Gasteiger partial charge in [0.05, 0.1) is 11.4 Å². The Labute approximate surface area is 463 Å². The Hall–Kier alpha value is -6.36. The van der Waals surface area contributed by atoms with Crippen molar-refractivity contribution in [1.82, 2.24) is 0 Å². The van der Waals surface area contributed by atoms with Gasteiger partial charge >= 0.3 is 0 Å². The van der Waals surface area contributed by atoms with Gasteiger partial charge in [0.2, 0.25) is 0 Å². The van der Waals surface area contributed by atoms with Crippen molar-refractivity contribution in [3.8, 4) is 22.3 Å².